The number of pyridine rings is 1. The Labute approximate surface area is 73.8 Å². The summed E-state index contributed by atoms with van der Waals surface area (Å²) in [5.74, 6) is 0.878. The molecule has 0 saturated heterocycles. The Morgan fingerprint density at radius 3 is 3.00 bits per heavy atom. The van der Waals surface area contributed by atoms with Crippen molar-refractivity contribution in [1.82, 2.24) is 4.98 Å². The fourth-order valence-electron chi connectivity index (χ4n) is 2.08. The lowest BCUT2D eigenvalue weighted by Crippen LogP contribution is -1.96. The summed E-state index contributed by atoms with van der Waals surface area (Å²) in [6.45, 7) is 4.40. The van der Waals surface area contributed by atoms with Gasteiger partial charge in [0.15, 0.2) is 0 Å². The molecule has 12 heavy (non-hydrogen) atoms. The monoisotopic (exact) mass is 161 g/mol. The van der Waals surface area contributed by atoms with Gasteiger partial charge in [-0.25, -0.2) is 0 Å². The Kier molecular flexibility index (Phi) is 1.87. The summed E-state index contributed by atoms with van der Waals surface area (Å²) >= 11 is 0. The van der Waals surface area contributed by atoms with Crippen molar-refractivity contribution in [3.8, 4) is 0 Å². The van der Waals surface area contributed by atoms with Gasteiger partial charge >= 0.3 is 0 Å². The molecule has 0 bridgehead atoms. The third-order valence-electron chi connectivity index (χ3n) is 2.95. The maximum atomic E-state index is 4.32. The largest absolute Gasteiger partial charge is 0.261 e. The first kappa shape index (κ1) is 7.78. The van der Waals surface area contributed by atoms with Gasteiger partial charge in [-0.3, -0.25) is 4.98 Å². The van der Waals surface area contributed by atoms with Crippen molar-refractivity contribution in [1.29, 1.82) is 0 Å². The van der Waals surface area contributed by atoms with E-state index in [-0.39, 0.29) is 0 Å². The van der Waals surface area contributed by atoms with E-state index in [1.54, 1.807) is 0 Å². The van der Waals surface area contributed by atoms with Crippen molar-refractivity contribution < 1.29 is 0 Å². The summed E-state index contributed by atoms with van der Waals surface area (Å²) in [5.41, 5.74) is 4.29. The van der Waals surface area contributed by atoms with Crippen LogP contribution in [-0.4, -0.2) is 4.98 Å². The molecule has 0 aliphatic heterocycles. The van der Waals surface area contributed by atoms with Gasteiger partial charge in [-0.2, -0.15) is 0 Å². The fourth-order valence-corrected chi connectivity index (χ4v) is 2.08. The van der Waals surface area contributed by atoms with Crippen LogP contribution in [0.15, 0.2) is 12.3 Å². The van der Waals surface area contributed by atoms with E-state index < -0.39 is 0 Å². The van der Waals surface area contributed by atoms with E-state index in [2.05, 4.69) is 24.9 Å². The Morgan fingerprint density at radius 2 is 2.33 bits per heavy atom. The highest BCUT2D eigenvalue weighted by Gasteiger charge is 2.21. The molecule has 1 aromatic heterocycles. The summed E-state index contributed by atoms with van der Waals surface area (Å²) in [7, 11) is 0. The molecule has 1 aromatic rings. The quantitative estimate of drug-likeness (QED) is 0.616. The molecular weight excluding hydrogens is 146 g/mol. The third-order valence-corrected chi connectivity index (χ3v) is 2.95. The van der Waals surface area contributed by atoms with Crippen molar-refractivity contribution in [3.63, 3.8) is 0 Å². The number of nitrogens with zero attached hydrogens (tertiary/aromatic N) is 1. The van der Waals surface area contributed by atoms with Gasteiger partial charge in [0.2, 0.25) is 0 Å². The zero-order valence-electron chi connectivity index (χ0n) is 7.80. The van der Waals surface area contributed by atoms with Gasteiger partial charge in [0, 0.05) is 11.9 Å². The zero-order valence-corrected chi connectivity index (χ0v) is 7.80. The van der Waals surface area contributed by atoms with E-state index in [1.807, 2.05) is 6.20 Å². The van der Waals surface area contributed by atoms with Crippen LogP contribution in [-0.2, 0) is 12.8 Å². The van der Waals surface area contributed by atoms with Crippen LogP contribution >= 0.6 is 0 Å². The van der Waals surface area contributed by atoms with E-state index in [9.17, 15) is 0 Å². The van der Waals surface area contributed by atoms with Crippen LogP contribution in [0.4, 0.5) is 0 Å². The summed E-state index contributed by atoms with van der Waals surface area (Å²) in [5, 5.41) is 0. The first-order chi connectivity index (χ1) is 5.81. The number of fused-ring (bicyclic) bond motifs is 1. The molecule has 1 aliphatic rings. The summed E-state index contributed by atoms with van der Waals surface area (Å²) < 4.78 is 0. The predicted molar refractivity (Wildman–Crippen MR) is 50.2 cm³/mol. The van der Waals surface area contributed by atoms with E-state index in [1.165, 1.54) is 36.1 Å². The maximum Gasteiger partial charge on any atom is 0.0407 e. The second kappa shape index (κ2) is 2.89. The van der Waals surface area contributed by atoms with Crippen LogP contribution in [0, 0.1) is 12.8 Å². The fraction of sp³-hybridized carbons (Fsp3) is 0.545. The maximum absolute atomic E-state index is 4.32. The molecule has 0 spiro atoms. The van der Waals surface area contributed by atoms with Gasteiger partial charge in [-0.1, -0.05) is 13.3 Å². The molecule has 1 atom stereocenters. The minimum Gasteiger partial charge on any atom is -0.261 e. The normalized spacial score (nSPS) is 21.0. The molecule has 1 nitrogen and oxygen atoms in total. The van der Waals surface area contributed by atoms with Gasteiger partial charge in [0.1, 0.15) is 0 Å². The molecule has 1 aliphatic carbocycles. The molecule has 2 rings (SSSR count). The van der Waals surface area contributed by atoms with Gasteiger partial charge in [0.25, 0.3) is 0 Å². The molecule has 1 unspecified atom stereocenters. The van der Waals surface area contributed by atoms with Gasteiger partial charge in [-0.05, 0) is 42.9 Å². The topological polar surface area (TPSA) is 12.9 Å². The molecule has 1 heteroatoms. The molecule has 0 aromatic carbocycles. The van der Waals surface area contributed by atoms with Crippen LogP contribution in [0.2, 0.25) is 0 Å². The average Bonchev–Trinajstić information content (AvgIpc) is 2.49. The van der Waals surface area contributed by atoms with Crippen LogP contribution in [0.3, 0.4) is 0 Å². The number of hydrogen-bond donors (Lipinski definition) is 0. The molecule has 0 radical (unpaired) electrons. The SMILES string of the molecule is CCC1Cc2ccnc(C)c2C1. The van der Waals surface area contributed by atoms with E-state index >= 15 is 0 Å². The minimum atomic E-state index is 0.878. The number of hydrogen-bond acceptors (Lipinski definition) is 1. The Bertz CT molecular complexity index is 291. The second-order valence-corrected chi connectivity index (χ2v) is 3.72. The van der Waals surface area contributed by atoms with Crippen LogP contribution in [0.1, 0.15) is 30.2 Å². The summed E-state index contributed by atoms with van der Waals surface area (Å²) in [6, 6.07) is 2.18. The molecule has 0 saturated carbocycles. The lowest BCUT2D eigenvalue weighted by Gasteiger charge is -2.02. The smallest absolute Gasteiger partial charge is 0.0407 e. The Balaban J connectivity index is 2.35. The zero-order chi connectivity index (χ0) is 8.55. The van der Waals surface area contributed by atoms with Crippen molar-refractivity contribution in [3.05, 3.63) is 29.1 Å². The predicted octanol–water partition coefficient (Wildman–Crippen LogP) is 2.51. The Hall–Kier alpha value is -0.850. The second-order valence-electron chi connectivity index (χ2n) is 3.72. The van der Waals surface area contributed by atoms with Crippen LogP contribution in [0.5, 0.6) is 0 Å². The van der Waals surface area contributed by atoms with Crippen molar-refractivity contribution in [2.24, 2.45) is 5.92 Å². The van der Waals surface area contributed by atoms with Crippen molar-refractivity contribution >= 4 is 0 Å². The molecule has 64 valence electrons. The van der Waals surface area contributed by atoms with Crippen LogP contribution in [0.25, 0.3) is 0 Å². The van der Waals surface area contributed by atoms with E-state index in [0.29, 0.717) is 0 Å². The average molecular weight is 161 g/mol. The van der Waals surface area contributed by atoms with Crippen molar-refractivity contribution in [2.45, 2.75) is 33.1 Å². The number of aromatic nitrogens is 1. The standard InChI is InChI=1S/C11H15N/c1-3-9-6-10-4-5-12-8(2)11(10)7-9/h4-5,9H,3,6-7H2,1-2H3. The third kappa shape index (κ3) is 1.13. The Morgan fingerprint density at radius 1 is 1.50 bits per heavy atom. The van der Waals surface area contributed by atoms with Crippen LogP contribution < -0.4 is 0 Å². The molecule has 0 amide bonds. The molecular formula is C11H15N. The number of aryl methyl sites for hydroxylation is 1. The van der Waals surface area contributed by atoms with Gasteiger partial charge in [0.05, 0.1) is 0 Å². The highest BCUT2D eigenvalue weighted by atomic mass is 14.7. The first-order valence-corrected chi connectivity index (χ1v) is 4.74. The van der Waals surface area contributed by atoms with Gasteiger partial charge < -0.3 is 0 Å². The molecule has 0 fully saturated rings. The lowest BCUT2D eigenvalue weighted by atomic mass is 10.0. The highest BCUT2D eigenvalue weighted by molar-refractivity contribution is 5.34. The highest BCUT2D eigenvalue weighted by Crippen LogP contribution is 2.29. The minimum absolute atomic E-state index is 0.878. The first-order valence-electron chi connectivity index (χ1n) is 4.74. The summed E-state index contributed by atoms with van der Waals surface area (Å²) in [6.07, 6.45) is 5.76. The molecule has 0 N–H and O–H groups in total. The molecule has 1 heterocycles. The van der Waals surface area contributed by atoms with Gasteiger partial charge in [-0.15, -0.1) is 0 Å². The number of rotatable bonds is 1. The summed E-state index contributed by atoms with van der Waals surface area (Å²) in [4.78, 5) is 4.32. The van der Waals surface area contributed by atoms with E-state index in [0.717, 1.165) is 5.92 Å². The lowest BCUT2D eigenvalue weighted by molar-refractivity contribution is 0.542. The van der Waals surface area contributed by atoms with Crippen molar-refractivity contribution in [2.75, 3.05) is 0 Å². The van der Waals surface area contributed by atoms with E-state index in [4.69, 9.17) is 0 Å².